The lowest BCUT2D eigenvalue weighted by Gasteiger charge is -2.34. The number of carbonyl (C=O) groups excluding carboxylic acids is 1. The van der Waals surface area contributed by atoms with Crippen LogP contribution >= 0.6 is 0 Å². The molecule has 8 nitrogen and oxygen atoms in total. The van der Waals surface area contributed by atoms with Crippen LogP contribution in [-0.4, -0.2) is 50.7 Å². The number of nitrogens with zero attached hydrogens (tertiary/aromatic N) is 6. The maximum atomic E-state index is 14.2. The van der Waals surface area contributed by atoms with Gasteiger partial charge in [-0.3, -0.25) is 19.6 Å². The number of nitrogens with one attached hydrogen (secondary N) is 1. The number of anilines is 3. The third kappa shape index (κ3) is 3.57. The van der Waals surface area contributed by atoms with Gasteiger partial charge in [0.25, 0.3) is 5.91 Å². The maximum absolute atomic E-state index is 14.2. The minimum atomic E-state index is -0.356. The van der Waals surface area contributed by atoms with Gasteiger partial charge in [-0.05, 0) is 49.1 Å². The zero-order chi connectivity index (χ0) is 25.8. The van der Waals surface area contributed by atoms with E-state index in [1.807, 2.05) is 59.3 Å². The van der Waals surface area contributed by atoms with Crippen molar-refractivity contribution < 1.29 is 9.18 Å². The molecule has 38 heavy (non-hydrogen) atoms. The van der Waals surface area contributed by atoms with Crippen LogP contribution in [0.2, 0.25) is 0 Å². The van der Waals surface area contributed by atoms with E-state index in [0.29, 0.717) is 41.0 Å². The number of aliphatic imine (C=N–C) groups is 1. The third-order valence-corrected chi connectivity index (χ3v) is 7.61. The van der Waals surface area contributed by atoms with E-state index in [0.717, 1.165) is 30.5 Å². The second-order valence-corrected chi connectivity index (χ2v) is 9.96. The molecule has 2 atom stereocenters. The molecule has 1 saturated carbocycles. The standard InChI is InChI=1S/C29H26FN7O/c1-35-28(38)24-26(32-20-7-3-2-4-8-20)36(34-27(24)37-23-11-5-10-22(23)33-29(35)37)17-18-12-14-19(15-13-18)25-21(30)9-6-16-31-25/h2-4,6-9,12-16,22-23,32H,5,10-11,17H2,1H3/t22-,23+/m1/s1. The minimum absolute atomic E-state index is 0.124. The predicted molar refractivity (Wildman–Crippen MR) is 144 cm³/mol. The molecule has 0 bridgehead atoms. The molecule has 0 saturated heterocycles. The lowest BCUT2D eigenvalue weighted by atomic mass is 10.1. The lowest BCUT2D eigenvalue weighted by molar-refractivity contribution is 0.0866. The van der Waals surface area contributed by atoms with Gasteiger partial charge >= 0.3 is 0 Å². The first-order chi connectivity index (χ1) is 18.6. The second kappa shape index (κ2) is 8.79. The molecule has 4 aromatic rings. The van der Waals surface area contributed by atoms with Crippen LogP contribution in [0.15, 0.2) is 77.9 Å². The summed E-state index contributed by atoms with van der Waals surface area (Å²) in [6.07, 6.45) is 4.76. The first-order valence-corrected chi connectivity index (χ1v) is 12.9. The van der Waals surface area contributed by atoms with Gasteiger partial charge in [-0.1, -0.05) is 42.5 Å². The van der Waals surface area contributed by atoms with Crippen LogP contribution in [-0.2, 0) is 6.54 Å². The first kappa shape index (κ1) is 22.7. The topological polar surface area (TPSA) is 78.7 Å². The number of hydrogen-bond donors (Lipinski definition) is 1. The van der Waals surface area contributed by atoms with E-state index in [9.17, 15) is 9.18 Å². The SMILES string of the molecule is CN1C(=O)c2c(nn(Cc3ccc(-c4ncccc4F)cc3)c2Nc2ccccc2)N2C1=N[C@@H]1CCC[C@@H]12. The molecule has 2 aromatic carbocycles. The van der Waals surface area contributed by atoms with Crippen molar-refractivity contribution in [2.75, 3.05) is 17.3 Å². The van der Waals surface area contributed by atoms with Crippen LogP contribution in [0.1, 0.15) is 35.2 Å². The van der Waals surface area contributed by atoms with E-state index in [-0.39, 0.29) is 23.8 Å². The van der Waals surface area contributed by atoms with Crippen molar-refractivity contribution in [3.63, 3.8) is 0 Å². The minimum Gasteiger partial charge on any atom is -0.340 e. The number of benzene rings is 2. The van der Waals surface area contributed by atoms with Crippen molar-refractivity contribution in [2.45, 2.75) is 37.9 Å². The molecule has 9 heteroatoms. The van der Waals surface area contributed by atoms with E-state index < -0.39 is 0 Å². The summed E-state index contributed by atoms with van der Waals surface area (Å²) in [5.74, 6) is 1.51. The summed E-state index contributed by atoms with van der Waals surface area (Å²) in [6, 6.07) is 20.8. The molecule has 1 fully saturated rings. The second-order valence-electron chi connectivity index (χ2n) is 9.96. The van der Waals surface area contributed by atoms with Crippen molar-refractivity contribution >= 4 is 29.2 Å². The van der Waals surface area contributed by atoms with Crippen molar-refractivity contribution in [2.24, 2.45) is 4.99 Å². The molecule has 7 rings (SSSR count). The Hall–Kier alpha value is -4.53. The number of rotatable bonds is 5. The van der Waals surface area contributed by atoms with Gasteiger partial charge in [0.05, 0.1) is 18.6 Å². The van der Waals surface area contributed by atoms with Crippen LogP contribution in [0, 0.1) is 5.82 Å². The fourth-order valence-electron chi connectivity index (χ4n) is 5.74. The number of fused-ring (bicyclic) bond motifs is 5. The average Bonchev–Trinajstić information content (AvgIpc) is 3.63. The Kier molecular flexibility index (Phi) is 5.24. The molecule has 0 radical (unpaired) electrons. The molecule has 1 amide bonds. The number of carbonyl (C=O) groups is 1. The number of hydrogen-bond acceptors (Lipinski definition) is 6. The summed E-state index contributed by atoms with van der Waals surface area (Å²) in [5, 5.41) is 8.47. The Labute approximate surface area is 219 Å². The van der Waals surface area contributed by atoms with Crippen LogP contribution in [0.5, 0.6) is 0 Å². The summed E-state index contributed by atoms with van der Waals surface area (Å²) >= 11 is 0. The van der Waals surface area contributed by atoms with Crippen LogP contribution in [0.25, 0.3) is 11.3 Å². The van der Waals surface area contributed by atoms with Crippen molar-refractivity contribution in [1.82, 2.24) is 19.7 Å². The molecule has 0 unspecified atom stereocenters. The highest BCUT2D eigenvalue weighted by atomic mass is 19.1. The van der Waals surface area contributed by atoms with Gasteiger partial charge in [-0.25, -0.2) is 14.1 Å². The Balaban J connectivity index is 1.30. The fourth-order valence-corrected chi connectivity index (χ4v) is 5.74. The van der Waals surface area contributed by atoms with Crippen molar-refractivity contribution in [3.8, 4) is 11.3 Å². The predicted octanol–water partition coefficient (Wildman–Crippen LogP) is 5.06. The number of guanidine groups is 1. The molecule has 4 heterocycles. The number of halogens is 1. The number of aromatic nitrogens is 3. The summed E-state index contributed by atoms with van der Waals surface area (Å²) in [7, 11) is 1.79. The average molecular weight is 508 g/mol. The summed E-state index contributed by atoms with van der Waals surface area (Å²) in [6.45, 7) is 0.429. The van der Waals surface area contributed by atoms with Gasteiger partial charge in [0.1, 0.15) is 22.9 Å². The summed E-state index contributed by atoms with van der Waals surface area (Å²) in [5.41, 5.74) is 3.41. The fraction of sp³-hybridized carbons (Fsp3) is 0.241. The zero-order valence-corrected chi connectivity index (χ0v) is 20.9. The van der Waals surface area contributed by atoms with E-state index in [1.165, 1.54) is 6.07 Å². The Bertz CT molecular complexity index is 1560. The van der Waals surface area contributed by atoms with Crippen LogP contribution in [0.4, 0.5) is 21.7 Å². The Morgan fingerprint density at radius 2 is 1.84 bits per heavy atom. The number of para-hydroxylation sites is 1. The van der Waals surface area contributed by atoms with E-state index in [1.54, 1.807) is 24.2 Å². The normalized spacial score (nSPS) is 19.7. The highest BCUT2D eigenvalue weighted by molar-refractivity contribution is 6.21. The number of amides is 1. The quantitative estimate of drug-likeness (QED) is 0.409. The van der Waals surface area contributed by atoms with Gasteiger partial charge < -0.3 is 5.32 Å². The van der Waals surface area contributed by atoms with Crippen LogP contribution < -0.4 is 10.2 Å². The molecular weight excluding hydrogens is 481 g/mol. The van der Waals surface area contributed by atoms with Gasteiger partial charge in [0.2, 0.25) is 5.96 Å². The monoisotopic (exact) mass is 507 g/mol. The van der Waals surface area contributed by atoms with Crippen molar-refractivity contribution in [3.05, 3.63) is 89.9 Å². The first-order valence-electron chi connectivity index (χ1n) is 12.9. The maximum Gasteiger partial charge on any atom is 0.267 e. The van der Waals surface area contributed by atoms with E-state index >= 15 is 0 Å². The van der Waals surface area contributed by atoms with Gasteiger partial charge in [0, 0.05) is 24.5 Å². The van der Waals surface area contributed by atoms with Crippen molar-refractivity contribution in [1.29, 1.82) is 0 Å². The molecule has 1 aliphatic carbocycles. The van der Waals surface area contributed by atoms with Gasteiger partial charge in [-0.2, -0.15) is 5.10 Å². The Morgan fingerprint density at radius 3 is 2.63 bits per heavy atom. The third-order valence-electron chi connectivity index (χ3n) is 7.61. The molecule has 3 aliphatic rings. The summed E-state index contributed by atoms with van der Waals surface area (Å²) in [4.78, 5) is 26.6. The van der Waals surface area contributed by atoms with Crippen LogP contribution in [0.3, 0.4) is 0 Å². The smallest absolute Gasteiger partial charge is 0.267 e. The molecule has 190 valence electrons. The van der Waals surface area contributed by atoms with Gasteiger partial charge in [0.15, 0.2) is 5.82 Å². The summed E-state index contributed by atoms with van der Waals surface area (Å²) < 4.78 is 16.1. The lowest BCUT2D eigenvalue weighted by Crippen LogP contribution is -2.51. The molecule has 0 spiro atoms. The largest absolute Gasteiger partial charge is 0.340 e. The highest BCUT2D eigenvalue weighted by Crippen LogP contribution is 2.43. The molecule has 2 aliphatic heterocycles. The molecule has 2 aromatic heterocycles. The molecule has 1 N–H and O–H groups in total. The van der Waals surface area contributed by atoms with E-state index in [2.05, 4.69) is 15.2 Å². The molecular formula is C29H26FN7O. The number of pyridine rings is 1. The van der Waals surface area contributed by atoms with Gasteiger partial charge in [-0.15, -0.1) is 0 Å². The Morgan fingerprint density at radius 1 is 1.03 bits per heavy atom. The van der Waals surface area contributed by atoms with E-state index in [4.69, 9.17) is 10.1 Å². The zero-order valence-electron chi connectivity index (χ0n) is 20.9. The highest BCUT2D eigenvalue weighted by Gasteiger charge is 2.49.